The first-order chi connectivity index (χ1) is 12.4. The van der Waals surface area contributed by atoms with Gasteiger partial charge in [-0.25, -0.2) is 8.42 Å². The monoisotopic (exact) mass is 428 g/mol. The van der Waals surface area contributed by atoms with E-state index >= 15 is 0 Å². The van der Waals surface area contributed by atoms with E-state index in [1.165, 1.54) is 6.07 Å². The van der Waals surface area contributed by atoms with E-state index in [1.54, 1.807) is 24.3 Å². The van der Waals surface area contributed by atoms with Crippen LogP contribution in [0.3, 0.4) is 0 Å². The number of hydrogen-bond donors (Lipinski definition) is 1. The van der Waals surface area contributed by atoms with Gasteiger partial charge < -0.3 is 5.32 Å². The number of rotatable bonds is 5. The molecule has 0 saturated heterocycles. The third-order valence-corrected chi connectivity index (χ3v) is 5.60. The van der Waals surface area contributed by atoms with Crippen molar-refractivity contribution in [3.63, 3.8) is 0 Å². The Morgan fingerprint density at radius 2 is 1.67 bits per heavy atom. The van der Waals surface area contributed by atoms with Crippen molar-refractivity contribution in [2.24, 2.45) is 0 Å². The minimum atomic E-state index is -3.65. The van der Waals surface area contributed by atoms with E-state index in [9.17, 15) is 13.2 Å². The van der Waals surface area contributed by atoms with Crippen LogP contribution >= 0.6 is 23.2 Å². The zero-order chi connectivity index (χ0) is 20.4. The van der Waals surface area contributed by atoms with Crippen molar-refractivity contribution >= 4 is 50.5 Å². The fraction of sp³-hybridized carbons (Fsp3) is 0.316. The quantitative estimate of drug-likeness (QED) is 0.750. The normalized spacial score (nSPS) is 11.9. The molecule has 146 valence electrons. The molecule has 2 aromatic rings. The maximum absolute atomic E-state index is 12.4. The van der Waals surface area contributed by atoms with Gasteiger partial charge in [0.25, 0.3) is 0 Å². The molecular weight excluding hydrogens is 407 g/mol. The zero-order valence-electron chi connectivity index (χ0n) is 15.6. The van der Waals surface area contributed by atoms with E-state index in [0.29, 0.717) is 16.4 Å². The lowest BCUT2D eigenvalue weighted by Gasteiger charge is -2.24. The summed E-state index contributed by atoms with van der Waals surface area (Å²) in [4.78, 5) is 12.4. The smallest absolute Gasteiger partial charge is 0.245 e. The molecule has 0 saturated carbocycles. The molecular formula is C19H22Cl2N2O3S. The van der Waals surface area contributed by atoms with E-state index in [4.69, 9.17) is 23.2 Å². The molecule has 0 bridgehead atoms. The van der Waals surface area contributed by atoms with E-state index in [-0.39, 0.29) is 17.0 Å². The fourth-order valence-corrected chi connectivity index (χ4v) is 3.75. The van der Waals surface area contributed by atoms with Crippen molar-refractivity contribution in [1.82, 2.24) is 0 Å². The van der Waals surface area contributed by atoms with Crippen LogP contribution in [-0.4, -0.2) is 27.1 Å². The molecule has 0 aliphatic carbocycles. The number of benzene rings is 2. The van der Waals surface area contributed by atoms with Gasteiger partial charge in [0.05, 0.1) is 22.7 Å². The van der Waals surface area contributed by atoms with Gasteiger partial charge in [0.15, 0.2) is 0 Å². The standard InChI is InChI=1S/C19H22Cl2N2O3S/c1-19(2,3)13-5-8-15(9-6-13)23(27(4,25)26)12-18(24)22-17-10-7-14(20)11-16(17)21/h5-11H,12H2,1-4H3,(H,22,24). The highest BCUT2D eigenvalue weighted by molar-refractivity contribution is 7.92. The number of amides is 1. The van der Waals surface area contributed by atoms with Gasteiger partial charge in [0.1, 0.15) is 6.54 Å². The summed E-state index contributed by atoms with van der Waals surface area (Å²) >= 11 is 11.9. The molecule has 0 fully saturated rings. The summed E-state index contributed by atoms with van der Waals surface area (Å²) in [5.41, 5.74) is 1.79. The van der Waals surface area contributed by atoms with E-state index in [0.717, 1.165) is 16.1 Å². The van der Waals surface area contributed by atoms with Gasteiger partial charge in [-0.05, 0) is 41.3 Å². The van der Waals surface area contributed by atoms with Crippen molar-refractivity contribution in [2.45, 2.75) is 26.2 Å². The Labute approximate surface area is 170 Å². The molecule has 5 nitrogen and oxygen atoms in total. The van der Waals surface area contributed by atoms with Crippen LogP contribution in [0.15, 0.2) is 42.5 Å². The molecule has 2 aromatic carbocycles. The molecule has 1 N–H and O–H groups in total. The average Bonchev–Trinajstić information content (AvgIpc) is 2.53. The highest BCUT2D eigenvalue weighted by Crippen LogP contribution is 2.27. The number of carbonyl (C=O) groups is 1. The first kappa shape index (κ1) is 21.5. The third kappa shape index (κ3) is 5.86. The predicted molar refractivity (Wildman–Crippen MR) is 112 cm³/mol. The van der Waals surface area contributed by atoms with Crippen LogP contribution in [0.4, 0.5) is 11.4 Å². The lowest BCUT2D eigenvalue weighted by atomic mass is 9.87. The highest BCUT2D eigenvalue weighted by Gasteiger charge is 2.22. The number of hydrogen-bond acceptors (Lipinski definition) is 3. The van der Waals surface area contributed by atoms with Crippen LogP contribution in [0.5, 0.6) is 0 Å². The molecule has 0 atom stereocenters. The third-order valence-electron chi connectivity index (χ3n) is 3.91. The van der Waals surface area contributed by atoms with Gasteiger partial charge in [0.2, 0.25) is 15.9 Å². The van der Waals surface area contributed by atoms with Gasteiger partial charge in [0, 0.05) is 5.02 Å². The summed E-state index contributed by atoms with van der Waals surface area (Å²) in [5, 5.41) is 3.32. The maximum Gasteiger partial charge on any atom is 0.245 e. The van der Waals surface area contributed by atoms with Gasteiger partial charge >= 0.3 is 0 Å². The molecule has 0 aromatic heterocycles. The number of halogens is 2. The number of nitrogens with zero attached hydrogens (tertiary/aromatic N) is 1. The summed E-state index contributed by atoms with van der Waals surface area (Å²) in [6.45, 7) is 5.84. The summed E-state index contributed by atoms with van der Waals surface area (Å²) < 4.78 is 25.5. The molecule has 0 unspecified atom stereocenters. The van der Waals surface area contributed by atoms with Crippen LogP contribution in [0, 0.1) is 0 Å². The molecule has 0 aliphatic heterocycles. The number of carbonyl (C=O) groups excluding carboxylic acids is 1. The van der Waals surface area contributed by atoms with E-state index in [1.807, 2.05) is 12.1 Å². The molecule has 27 heavy (non-hydrogen) atoms. The Hall–Kier alpha value is -1.76. The number of sulfonamides is 1. The lowest BCUT2D eigenvalue weighted by Crippen LogP contribution is -2.37. The predicted octanol–water partition coefficient (Wildman–Crippen LogP) is 4.70. The molecule has 0 heterocycles. The second-order valence-electron chi connectivity index (χ2n) is 7.24. The average molecular weight is 429 g/mol. The molecule has 0 spiro atoms. The van der Waals surface area contributed by atoms with Crippen molar-refractivity contribution in [1.29, 1.82) is 0 Å². The van der Waals surface area contributed by atoms with Crippen LogP contribution < -0.4 is 9.62 Å². The Morgan fingerprint density at radius 1 is 1.07 bits per heavy atom. The first-order valence-electron chi connectivity index (χ1n) is 8.21. The largest absolute Gasteiger partial charge is 0.323 e. The van der Waals surface area contributed by atoms with Crippen molar-refractivity contribution in [3.05, 3.63) is 58.1 Å². The molecule has 1 amide bonds. The zero-order valence-corrected chi connectivity index (χ0v) is 17.9. The van der Waals surface area contributed by atoms with Crippen LogP contribution in [0.25, 0.3) is 0 Å². The summed E-state index contributed by atoms with van der Waals surface area (Å²) in [7, 11) is -3.65. The molecule has 0 aliphatic rings. The first-order valence-corrected chi connectivity index (χ1v) is 10.8. The van der Waals surface area contributed by atoms with Crippen LogP contribution in [0.1, 0.15) is 26.3 Å². The molecule has 0 radical (unpaired) electrons. The Balaban J connectivity index is 2.23. The van der Waals surface area contributed by atoms with Gasteiger partial charge in [-0.2, -0.15) is 0 Å². The van der Waals surface area contributed by atoms with E-state index in [2.05, 4.69) is 26.1 Å². The van der Waals surface area contributed by atoms with Crippen molar-refractivity contribution in [2.75, 3.05) is 22.4 Å². The topological polar surface area (TPSA) is 66.5 Å². The Bertz CT molecular complexity index is 936. The van der Waals surface area contributed by atoms with Gasteiger partial charge in [-0.3, -0.25) is 9.10 Å². The Kier molecular flexibility index (Phi) is 6.45. The fourth-order valence-electron chi connectivity index (χ4n) is 2.44. The summed E-state index contributed by atoms with van der Waals surface area (Å²) in [5.74, 6) is -0.510. The van der Waals surface area contributed by atoms with Crippen molar-refractivity contribution < 1.29 is 13.2 Å². The second kappa shape index (κ2) is 8.09. The summed E-state index contributed by atoms with van der Waals surface area (Å²) in [6.07, 6.45) is 1.06. The van der Waals surface area contributed by atoms with Gasteiger partial charge in [-0.15, -0.1) is 0 Å². The number of nitrogens with one attached hydrogen (secondary N) is 1. The minimum absolute atomic E-state index is 0.0584. The van der Waals surface area contributed by atoms with E-state index < -0.39 is 15.9 Å². The van der Waals surface area contributed by atoms with Crippen LogP contribution in [0.2, 0.25) is 10.0 Å². The summed E-state index contributed by atoms with van der Waals surface area (Å²) in [6, 6.07) is 11.8. The Morgan fingerprint density at radius 3 is 2.15 bits per heavy atom. The molecule has 2 rings (SSSR count). The maximum atomic E-state index is 12.4. The highest BCUT2D eigenvalue weighted by atomic mass is 35.5. The van der Waals surface area contributed by atoms with Gasteiger partial charge in [-0.1, -0.05) is 56.1 Å². The SMILES string of the molecule is CC(C)(C)c1ccc(N(CC(=O)Nc2ccc(Cl)cc2Cl)S(C)(=O)=O)cc1. The number of anilines is 2. The molecule has 8 heteroatoms. The second-order valence-corrected chi connectivity index (χ2v) is 9.99. The lowest BCUT2D eigenvalue weighted by molar-refractivity contribution is -0.114. The minimum Gasteiger partial charge on any atom is -0.323 e. The van der Waals surface area contributed by atoms with Crippen LogP contribution in [-0.2, 0) is 20.2 Å². The van der Waals surface area contributed by atoms with Crippen molar-refractivity contribution in [3.8, 4) is 0 Å².